The molecule has 0 aliphatic rings. The summed E-state index contributed by atoms with van der Waals surface area (Å²) < 4.78 is 0. The minimum Gasteiger partial charge on any atom is -0.307 e. The number of rotatable bonds is 7. The molecule has 2 N–H and O–H groups in total. The van der Waals surface area contributed by atoms with Gasteiger partial charge in [0.2, 0.25) is 0 Å². The molecule has 3 rings (SSSR count). The number of nitro benzene ring substituents is 2. The third-order valence-electron chi connectivity index (χ3n) is 4.35. The average molecular weight is 438 g/mol. The lowest BCUT2D eigenvalue weighted by molar-refractivity contribution is -0.396. The Kier molecular flexibility index (Phi) is 6.83. The van der Waals surface area contributed by atoms with Crippen molar-refractivity contribution in [3.63, 3.8) is 0 Å². The van der Waals surface area contributed by atoms with Crippen LogP contribution in [0, 0.1) is 20.2 Å². The highest BCUT2D eigenvalue weighted by molar-refractivity contribution is 7.99. The largest absolute Gasteiger partial charge is 0.323 e. The minimum atomic E-state index is -0.685. The number of hydrogen-bond donors (Lipinski definition) is 2. The molecule has 9 nitrogen and oxygen atoms in total. The van der Waals surface area contributed by atoms with Gasteiger partial charge in [-0.3, -0.25) is 20.2 Å². The van der Waals surface area contributed by atoms with Crippen molar-refractivity contribution in [3.8, 4) is 0 Å². The van der Waals surface area contributed by atoms with Gasteiger partial charge in [-0.15, -0.1) is 0 Å². The van der Waals surface area contributed by atoms with E-state index < -0.39 is 15.9 Å². The van der Waals surface area contributed by atoms with Gasteiger partial charge in [0, 0.05) is 16.6 Å². The molecule has 0 heterocycles. The van der Waals surface area contributed by atoms with Crippen LogP contribution in [0.5, 0.6) is 0 Å². The normalized spacial score (nSPS) is 10.4. The molecule has 0 aliphatic heterocycles. The van der Waals surface area contributed by atoms with E-state index in [1.807, 2.05) is 25.1 Å². The quantitative estimate of drug-likeness (QED) is 0.351. The molecule has 158 valence electrons. The molecule has 2 amide bonds. The molecular formula is C21H18N4O5S. The fourth-order valence-corrected chi connectivity index (χ4v) is 3.84. The van der Waals surface area contributed by atoms with Crippen molar-refractivity contribution in [2.24, 2.45) is 0 Å². The number of nitrogens with one attached hydrogen (secondary N) is 2. The standard InChI is InChI=1S/C21H18N4O5S/c1-2-14-7-3-4-8-16(14)22-21(26)23-17-9-5-6-10-19(17)31-20-12-11-15(24(27)28)13-18(20)25(29)30/h3-13H,2H2,1H3,(H2,22,23,26). The van der Waals surface area contributed by atoms with Crippen LogP contribution >= 0.6 is 11.8 Å². The third kappa shape index (κ3) is 5.37. The van der Waals surface area contributed by atoms with E-state index in [9.17, 15) is 25.0 Å². The van der Waals surface area contributed by atoms with Crippen LogP contribution in [-0.4, -0.2) is 15.9 Å². The number of aryl methyl sites for hydroxylation is 1. The van der Waals surface area contributed by atoms with Crippen LogP contribution in [0.15, 0.2) is 76.5 Å². The zero-order chi connectivity index (χ0) is 22.4. The molecule has 3 aromatic rings. The van der Waals surface area contributed by atoms with Crippen LogP contribution in [0.2, 0.25) is 0 Å². The molecular weight excluding hydrogens is 420 g/mol. The number of non-ortho nitro benzene ring substituents is 1. The zero-order valence-electron chi connectivity index (χ0n) is 16.4. The van der Waals surface area contributed by atoms with Gasteiger partial charge in [0.15, 0.2) is 0 Å². The van der Waals surface area contributed by atoms with Crippen molar-refractivity contribution in [1.82, 2.24) is 0 Å². The molecule has 0 atom stereocenters. The van der Waals surface area contributed by atoms with Gasteiger partial charge in [0.25, 0.3) is 11.4 Å². The summed E-state index contributed by atoms with van der Waals surface area (Å²) in [7, 11) is 0. The molecule has 0 unspecified atom stereocenters. The second-order valence-electron chi connectivity index (χ2n) is 6.35. The lowest BCUT2D eigenvalue weighted by Crippen LogP contribution is -2.20. The predicted octanol–water partition coefficient (Wildman–Crippen LogP) is 5.86. The first-order valence-corrected chi connectivity index (χ1v) is 10.1. The summed E-state index contributed by atoms with van der Waals surface area (Å²) in [6.07, 6.45) is 0.757. The second kappa shape index (κ2) is 9.72. The highest BCUT2D eigenvalue weighted by Crippen LogP contribution is 2.39. The van der Waals surface area contributed by atoms with Gasteiger partial charge in [-0.2, -0.15) is 0 Å². The molecule has 0 fully saturated rings. The lowest BCUT2D eigenvalue weighted by Gasteiger charge is -2.13. The summed E-state index contributed by atoms with van der Waals surface area (Å²) in [6.45, 7) is 1.99. The number of anilines is 2. The van der Waals surface area contributed by atoms with Crippen LogP contribution in [0.25, 0.3) is 0 Å². The Balaban J connectivity index is 1.83. The molecule has 31 heavy (non-hydrogen) atoms. The SMILES string of the molecule is CCc1ccccc1NC(=O)Nc1ccccc1Sc1ccc([N+](=O)[O-])cc1[N+](=O)[O-]. The third-order valence-corrected chi connectivity index (χ3v) is 5.49. The van der Waals surface area contributed by atoms with E-state index in [1.54, 1.807) is 30.3 Å². The summed E-state index contributed by atoms with van der Waals surface area (Å²) >= 11 is 1.04. The fourth-order valence-electron chi connectivity index (χ4n) is 2.85. The van der Waals surface area contributed by atoms with Gasteiger partial charge in [0.1, 0.15) is 0 Å². The topological polar surface area (TPSA) is 127 Å². The Morgan fingerprint density at radius 3 is 2.19 bits per heavy atom. The van der Waals surface area contributed by atoms with Gasteiger partial charge in [-0.25, -0.2) is 4.79 Å². The van der Waals surface area contributed by atoms with Gasteiger partial charge < -0.3 is 10.6 Å². The zero-order valence-corrected chi connectivity index (χ0v) is 17.2. The Hall–Kier alpha value is -3.92. The Labute approximate surface area is 181 Å². The molecule has 0 bridgehead atoms. The van der Waals surface area contributed by atoms with Gasteiger partial charge in [0.05, 0.1) is 26.5 Å². The molecule has 0 spiro atoms. The van der Waals surface area contributed by atoms with E-state index in [4.69, 9.17) is 0 Å². The summed E-state index contributed by atoms with van der Waals surface area (Å²) in [4.78, 5) is 34.3. The lowest BCUT2D eigenvalue weighted by atomic mass is 10.1. The van der Waals surface area contributed by atoms with Crippen LogP contribution in [0.3, 0.4) is 0 Å². The number of benzene rings is 3. The molecule has 0 radical (unpaired) electrons. The maximum absolute atomic E-state index is 12.5. The molecule has 0 saturated carbocycles. The number of nitrogens with zero attached hydrogens (tertiary/aromatic N) is 2. The highest BCUT2D eigenvalue weighted by Gasteiger charge is 2.21. The van der Waals surface area contributed by atoms with Crippen LogP contribution in [0.4, 0.5) is 27.5 Å². The van der Waals surface area contributed by atoms with Crippen molar-refractivity contribution in [3.05, 3.63) is 92.5 Å². The van der Waals surface area contributed by atoms with Crippen molar-refractivity contribution < 1.29 is 14.6 Å². The molecule has 3 aromatic carbocycles. The van der Waals surface area contributed by atoms with Crippen molar-refractivity contribution >= 4 is 40.5 Å². The number of urea groups is 1. The highest BCUT2D eigenvalue weighted by atomic mass is 32.2. The first-order valence-electron chi connectivity index (χ1n) is 9.24. The second-order valence-corrected chi connectivity index (χ2v) is 7.44. The molecule has 0 aliphatic carbocycles. The monoisotopic (exact) mass is 438 g/mol. The van der Waals surface area contributed by atoms with Crippen LogP contribution < -0.4 is 10.6 Å². The molecule has 0 saturated heterocycles. The Bertz CT molecular complexity index is 1150. The number of carbonyl (C=O) groups is 1. The summed E-state index contributed by atoms with van der Waals surface area (Å²) in [5.74, 6) is 0. The smallest absolute Gasteiger partial charge is 0.307 e. The van der Waals surface area contributed by atoms with Crippen molar-refractivity contribution in [2.75, 3.05) is 10.6 Å². The fraction of sp³-hybridized carbons (Fsp3) is 0.0952. The first kappa shape index (κ1) is 21.8. The average Bonchev–Trinajstić information content (AvgIpc) is 2.75. The number of hydrogen-bond acceptors (Lipinski definition) is 6. The summed E-state index contributed by atoms with van der Waals surface area (Å²) in [5.41, 5.74) is 1.39. The minimum absolute atomic E-state index is 0.224. The van der Waals surface area contributed by atoms with E-state index in [-0.39, 0.29) is 16.3 Å². The Morgan fingerprint density at radius 1 is 0.871 bits per heavy atom. The van der Waals surface area contributed by atoms with Gasteiger partial charge in [-0.1, -0.05) is 49.0 Å². The van der Waals surface area contributed by atoms with Crippen LogP contribution in [0.1, 0.15) is 12.5 Å². The number of para-hydroxylation sites is 2. The van der Waals surface area contributed by atoms with E-state index >= 15 is 0 Å². The van der Waals surface area contributed by atoms with Crippen LogP contribution in [-0.2, 0) is 6.42 Å². The summed E-state index contributed by atoms with van der Waals surface area (Å²) in [5, 5.41) is 27.9. The van der Waals surface area contributed by atoms with Crippen molar-refractivity contribution in [2.45, 2.75) is 23.1 Å². The maximum atomic E-state index is 12.5. The molecule has 10 heteroatoms. The number of nitro groups is 2. The number of amides is 2. The van der Waals surface area contributed by atoms with E-state index in [0.29, 0.717) is 16.3 Å². The van der Waals surface area contributed by atoms with E-state index in [2.05, 4.69) is 10.6 Å². The van der Waals surface area contributed by atoms with E-state index in [0.717, 1.165) is 29.8 Å². The van der Waals surface area contributed by atoms with Gasteiger partial charge >= 0.3 is 6.03 Å². The summed E-state index contributed by atoms with van der Waals surface area (Å²) in [6, 6.07) is 17.3. The van der Waals surface area contributed by atoms with Gasteiger partial charge in [-0.05, 0) is 36.2 Å². The van der Waals surface area contributed by atoms with E-state index in [1.165, 1.54) is 12.1 Å². The predicted molar refractivity (Wildman–Crippen MR) is 119 cm³/mol. The maximum Gasteiger partial charge on any atom is 0.323 e. The van der Waals surface area contributed by atoms with Crippen molar-refractivity contribution in [1.29, 1.82) is 0 Å². The first-order chi connectivity index (χ1) is 14.9. The Morgan fingerprint density at radius 2 is 1.52 bits per heavy atom. The molecule has 0 aromatic heterocycles. The number of carbonyl (C=O) groups excluding carboxylic acids is 1.